The van der Waals surface area contributed by atoms with E-state index in [1.165, 1.54) is 6.92 Å². The van der Waals surface area contributed by atoms with Gasteiger partial charge in [0.2, 0.25) is 5.88 Å². The van der Waals surface area contributed by atoms with Crippen LogP contribution in [0.5, 0.6) is 11.6 Å². The van der Waals surface area contributed by atoms with E-state index in [0.29, 0.717) is 15.5 Å². The van der Waals surface area contributed by atoms with E-state index < -0.39 is 47.5 Å². The van der Waals surface area contributed by atoms with Gasteiger partial charge in [-0.25, -0.2) is 13.8 Å². The highest BCUT2D eigenvalue weighted by Crippen LogP contribution is 2.42. The lowest BCUT2D eigenvalue weighted by Gasteiger charge is -2.32. The van der Waals surface area contributed by atoms with Crippen LogP contribution in [-0.2, 0) is 4.79 Å². The molecule has 1 amide bonds. The van der Waals surface area contributed by atoms with Crippen molar-refractivity contribution in [3.8, 4) is 29.7 Å². The largest absolute Gasteiger partial charge is 0.491 e. The van der Waals surface area contributed by atoms with Gasteiger partial charge in [0.15, 0.2) is 17.3 Å². The summed E-state index contributed by atoms with van der Waals surface area (Å²) in [4.78, 5) is 24.4. The van der Waals surface area contributed by atoms with Crippen LogP contribution in [0, 0.1) is 18.2 Å². The maximum atomic E-state index is 14.5. The normalized spacial score (nSPS) is 15.1. The number of halogens is 3. The van der Waals surface area contributed by atoms with Gasteiger partial charge >= 0.3 is 17.8 Å². The second kappa shape index (κ2) is 5.98. The van der Waals surface area contributed by atoms with Gasteiger partial charge in [-0.15, -0.1) is 6.42 Å². The first kappa shape index (κ1) is 18.2. The van der Waals surface area contributed by atoms with Crippen LogP contribution in [0.1, 0.15) is 12.7 Å². The molecule has 2 aromatic rings. The van der Waals surface area contributed by atoms with Crippen molar-refractivity contribution < 1.29 is 32.2 Å². The molecule has 7 nitrogen and oxygen atoms in total. The van der Waals surface area contributed by atoms with E-state index >= 15 is 0 Å². The summed E-state index contributed by atoms with van der Waals surface area (Å²) in [7, 11) is 0. The quantitative estimate of drug-likeness (QED) is 0.826. The Morgan fingerprint density at radius 3 is 2.59 bits per heavy atom. The summed E-state index contributed by atoms with van der Waals surface area (Å²) in [5.41, 5.74) is -0.672. The Bertz CT molecular complexity index is 1080. The zero-order valence-corrected chi connectivity index (χ0v) is 13.8. The molecule has 1 aliphatic rings. The molecule has 0 fully saturated rings. The number of rotatable bonds is 3. The molecule has 0 radical (unpaired) electrons. The Kier molecular flexibility index (Phi) is 4.03. The summed E-state index contributed by atoms with van der Waals surface area (Å²) in [6.07, 6.45) is 0.871. The van der Waals surface area contributed by atoms with Crippen molar-refractivity contribution in [3.05, 3.63) is 40.8 Å². The molecule has 140 valence electrons. The maximum Gasteiger partial charge on any atom is 0.483 e. The maximum absolute atomic E-state index is 14.5. The number of benzene rings is 1. The Balaban J connectivity index is 2.26. The summed E-state index contributed by atoms with van der Waals surface area (Å²) < 4.78 is 51.4. The highest BCUT2D eigenvalue weighted by Gasteiger charge is 2.50. The molecular formula is C17H11F3N2O5. The van der Waals surface area contributed by atoms with E-state index in [-0.39, 0.29) is 17.0 Å². The van der Waals surface area contributed by atoms with E-state index in [1.54, 1.807) is 0 Å². The fourth-order valence-electron chi connectivity index (χ4n) is 2.55. The second-order valence-corrected chi connectivity index (χ2v) is 5.62. The van der Waals surface area contributed by atoms with Gasteiger partial charge in [0, 0.05) is 6.07 Å². The SMILES string of the molecule is C#CCN1C(=O)C(F)(F)Oc2cc(F)c(-n3c(O)c(C(=C)C)oc3=O)cc21. The van der Waals surface area contributed by atoms with Gasteiger partial charge in [0.05, 0.1) is 17.9 Å². The van der Waals surface area contributed by atoms with Crippen LogP contribution in [0.25, 0.3) is 11.3 Å². The lowest BCUT2D eigenvalue weighted by Crippen LogP contribution is -2.51. The van der Waals surface area contributed by atoms with Crippen LogP contribution in [0.15, 0.2) is 27.9 Å². The van der Waals surface area contributed by atoms with Crippen molar-refractivity contribution in [2.24, 2.45) is 0 Å². The predicted molar refractivity (Wildman–Crippen MR) is 87.4 cm³/mol. The molecule has 27 heavy (non-hydrogen) atoms. The van der Waals surface area contributed by atoms with Crippen LogP contribution in [0.2, 0.25) is 0 Å². The molecule has 1 aromatic carbocycles. The van der Waals surface area contributed by atoms with Crippen molar-refractivity contribution in [1.29, 1.82) is 0 Å². The molecule has 1 aromatic heterocycles. The summed E-state index contributed by atoms with van der Waals surface area (Å²) >= 11 is 0. The lowest BCUT2D eigenvalue weighted by atomic mass is 10.2. The average Bonchev–Trinajstić information content (AvgIpc) is 2.86. The number of carbonyl (C=O) groups excluding carboxylic acids is 1. The minimum Gasteiger partial charge on any atom is -0.491 e. The first-order chi connectivity index (χ1) is 12.6. The van der Waals surface area contributed by atoms with E-state index in [1.807, 2.05) is 5.92 Å². The number of oxazole rings is 1. The highest BCUT2D eigenvalue weighted by molar-refractivity contribution is 6.01. The minimum atomic E-state index is -4.24. The second-order valence-electron chi connectivity index (χ2n) is 5.62. The third-order valence-corrected chi connectivity index (χ3v) is 3.72. The molecule has 0 saturated heterocycles. The third kappa shape index (κ3) is 2.73. The molecule has 1 aliphatic heterocycles. The van der Waals surface area contributed by atoms with Crippen LogP contribution in [0.4, 0.5) is 18.9 Å². The number of terminal acetylenes is 1. The Labute approximate surface area is 149 Å². The summed E-state index contributed by atoms with van der Waals surface area (Å²) in [6.45, 7) is 4.39. The van der Waals surface area contributed by atoms with Gasteiger partial charge in [-0.2, -0.15) is 8.78 Å². The van der Waals surface area contributed by atoms with Gasteiger partial charge < -0.3 is 14.3 Å². The number of hydrogen-bond donors (Lipinski definition) is 1. The smallest absolute Gasteiger partial charge is 0.483 e. The summed E-state index contributed by atoms with van der Waals surface area (Å²) in [5, 5.41) is 10.1. The number of nitrogens with zero attached hydrogens (tertiary/aromatic N) is 2. The third-order valence-electron chi connectivity index (χ3n) is 3.72. The predicted octanol–water partition coefficient (Wildman–Crippen LogP) is 2.26. The molecule has 0 aliphatic carbocycles. The Hall–Kier alpha value is -3.61. The topological polar surface area (TPSA) is 84.9 Å². The number of ether oxygens (including phenoxy) is 1. The van der Waals surface area contributed by atoms with Crippen molar-refractivity contribution in [1.82, 2.24) is 4.57 Å². The number of anilines is 1. The summed E-state index contributed by atoms with van der Waals surface area (Å²) in [6, 6.07) is 1.42. The number of alkyl halides is 2. The molecule has 2 heterocycles. The average molecular weight is 380 g/mol. The molecule has 0 spiro atoms. The first-order valence-electron chi connectivity index (χ1n) is 7.35. The highest BCUT2D eigenvalue weighted by atomic mass is 19.3. The molecule has 10 heteroatoms. The molecule has 0 atom stereocenters. The fraction of sp³-hybridized carbons (Fsp3) is 0.176. The zero-order valence-electron chi connectivity index (χ0n) is 13.8. The van der Waals surface area contributed by atoms with Gasteiger partial charge in [0.1, 0.15) is 0 Å². The van der Waals surface area contributed by atoms with Crippen molar-refractivity contribution in [2.75, 3.05) is 11.4 Å². The van der Waals surface area contributed by atoms with Crippen LogP contribution in [0.3, 0.4) is 0 Å². The number of carbonyl (C=O) groups is 1. The van der Waals surface area contributed by atoms with Crippen molar-refractivity contribution in [2.45, 2.75) is 13.0 Å². The van der Waals surface area contributed by atoms with Gasteiger partial charge in [0.25, 0.3) is 0 Å². The molecule has 0 bridgehead atoms. The van der Waals surface area contributed by atoms with Crippen LogP contribution < -0.4 is 15.4 Å². The van der Waals surface area contributed by atoms with Gasteiger partial charge in [-0.05, 0) is 18.6 Å². The Morgan fingerprint density at radius 2 is 2.04 bits per heavy atom. The van der Waals surface area contributed by atoms with Crippen LogP contribution >= 0.6 is 0 Å². The molecule has 0 saturated carbocycles. The standard InChI is InChI=1S/C17H11F3N2O5/c1-4-5-21-11-7-10(22-14(23)13(8(2)3)26-16(22)25)9(18)6-12(11)27-17(19,20)15(21)24/h1,6-7,23H,2,5H2,3H3. The number of allylic oxidation sites excluding steroid dienone is 1. The zero-order chi connectivity index (χ0) is 20.1. The van der Waals surface area contributed by atoms with Crippen LogP contribution in [-0.4, -0.2) is 28.2 Å². The van der Waals surface area contributed by atoms with Gasteiger partial charge in [-0.1, -0.05) is 12.5 Å². The van der Waals surface area contributed by atoms with Crippen molar-refractivity contribution in [3.63, 3.8) is 0 Å². The summed E-state index contributed by atoms with van der Waals surface area (Å²) in [5.74, 6) is -3.74. The number of hydrogen-bond acceptors (Lipinski definition) is 5. The first-order valence-corrected chi connectivity index (χ1v) is 7.35. The lowest BCUT2D eigenvalue weighted by molar-refractivity contribution is -0.192. The molecule has 3 rings (SSSR count). The van der Waals surface area contributed by atoms with E-state index in [9.17, 15) is 27.9 Å². The number of fused-ring (bicyclic) bond motifs is 1. The fourth-order valence-corrected chi connectivity index (χ4v) is 2.55. The number of amides is 1. The van der Waals surface area contributed by atoms with E-state index in [4.69, 9.17) is 10.8 Å². The van der Waals surface area contributed by atoms with E-state index in [0.717, 1.165) is 6.07 Å². The van der Waals surface area contributed by atoms with Gasteiger partial charge in [-0.3, -0.25) is 9.69 Å². The van der Waals surface area contributed by atoms with E-state index in [2.05, 4.69) is 11.3 Å². The minimum absolute atomic E-state index is 0.189. The monoisotopic (exact) mass is 380 g/mol. The Morgan fingerprint density at radius 1 is 1.37 bits per heavy atom. The van der Waals surface area contributed by atoms with Crippen molar-refractivity contribution >= 4 is 17.2 Å². The molecular weight excluding hydrogens is 369 g/mol. The number of aromatic hydroxyl groups is 1. The molecule has 1 N–H and O–H groups in total. The molecule has 0 unspecified atom stereocenters. The number of aromatic nitrogens is 1.